The van der Waals surface area contributed by atoms with Gasteiger partial charge in [-0.05, 0) is 41.1 Å². The number of aromatic nitrogens is 2. The van der Waals surface area contributed by atoms with Crippen LogP contribution in [0.5, 0.6) is 0 Å². The summed E-state index contributed by atoms with van der Waals surface area (Å²) in [7, 11) is 1.58. The smallest absolute Gasteiger partial charge is 0.259 e. The van der Waals surface area contributed by atoms with Crippen molar-refractivity contribution in [2.75, 3.05) is 13.7 Å². The van der Waals surface area contributed by atoms with Crippen molar-refractivity contribution in [3.63, 3.8) is 0 Å². The lowest BCUT2D eigenvalue weighted by Crippen LogP contribution is -2.38. The van der Waals surface area contributed by atoms with Gasteiger partial charge in [0.2, 0.25) is 0 Å². The van der Waals surface area contributed by atoms with Gasteiger partial charge in [-0.2, -0.15) is 4.98 Å². The number of nitrogens with zero attached hydrogens (tertiary/aromatic N) is 2. The Balaban J connectivity index is 2.35. The molecule has 1 aromatic carbocycles. The van der Waals surface area contributed by atoms with E-state index in [-0.39, 0.29) is 0 Å². The fourth-order valence-corrected chi connectivity index (χ4v) is 2.81. The number of methoxy groups -OCH3 is 1. The number of hydrogen-bond donors (Lipinski definition) is 1. The van der Waals surface area contributed by atoms with Crippen LogP contribution in [0, 0.1) is 0 Å². The summed E-state index contributed by atoms with van der Waals surface area (Å²) in [5.41, 5.74) is 6.11. The second-order valence-electron chi connectivity index (χ2n) is 4.40. The summed E-state index contributed by atoms with van der Waals surface area (Å²) in [6.07, 6.45) is 0. The number of ether oxygens (including phenoxy) is 1. The van der Waals surface area contributed by atoms with Gasteiger partial charge in [0.25, 0.3) is 5.89 Å². The highest BCUT2D eigenvalue weighted by molar-refractivity contribution is 9.11. The van der Waals surface area contributed by atoms with Crippen molar-refractivity contribution in [2.45, 2.75) is 12.5 Å². The van der Waals surface area contributed by atoms with E-state index in [1.54, 1.807) is 14.0 Å². The van der Waals surface area contributed by atoms with Crippen LogP contribution in [0.1, 0.15) is 12.7 Å². The third-order valence-corrected chi connectivity index (χ3v) is 3.69. The van der Waals surface area contributed by atoms with Crippen LogP contribution in [0.3, 0.4) is 0 Å². The number of rotatable bonds is 4. The van der Waals surface area contributed by atoms with E-state index in [0.29, 0.717) is 18.3 Å². The molecule has 0 aliphatic heterocycles. The molecule has 2 rings (SSSR count). The Kier molecular flexibility index (Phi) is 4.39. The quantitative estimate of drug-likeness (QED) is 0.868. The summed E-state index contributed by atoms with van der Waals surface area (Å²) in [5.74, 6) is 0.835. The average molecular weight is 391 g/mol. The maximum atomic E-state index is 6.07. The Morgan fingerprint density at radius 3 is 2.79 bits per heavy atom. The zero-order chi connectivity index (χ0) is 14.0. The summed E-state index contributed by atoms with van der Waals surface area (Å²) in [4.78, 5) is 4.33. The summed E-state index contributed by atoms with van der Waals surface area (Å²) < 4.78 is 12.1. The SMILES string of the molecule is COCC(C)(N)c1noc(-c2ccc(Br)cc2Br)n1. The molecule has 1 unspecified atom stereocenters. The van der Waals surface area contributed by atoms with Crippen LogP contribution in [0.4, 0.5) is 0 Å². The third-order valence-electron chi connectivity index (χ3n) is 2.54. The second kappa shape index (κ2) is 5.70. The van der Waals surface area contributed by atoms with Crippen molar-refractivity contribution < 1.29 is 9.26 Å². The molecule has 5 nitrogen and oxygen atoms in total. The minimum Gasteiger partial charge on any atom is -0.382 e. The first-order valence-electron chi connectivity index (χ1n) is 5.51. The van der Waals surface area contributed by atoms with Crippen molar-refractivity contribution in [3.8, 4) is 11.5 Å². The first-order chi connectivity index (χ1) is 8.94. The summed E-state index contributed by atoms with van der Waals surface area (Å²) in [6, 6.07) is 5.70. The third kappa shape index (κ3) is 3.22. The second-order valence-corrected chi connectivity index (χ2v) is 6.17. The molecule has 0 amide bonds. The largest absolute Gasteiger partial charge is 0.382 e. The predicted octanol–water partition coefficient (Wildman–Crippen LogP) is 3.08. The highest BCUT2D eigenvalue weighted by Crippen LogP contribution is 2.30. The van der Waals surface area contributed by atoms with Crippen molar-refractivity contribution in [2.24, 2.45) is 5.73 Å². The van der Waals surface area contributed by atoms with Gasteiger partial charge in [-0.1, -0.05) is 21.1 Å². The summed E-state index contributed by atoms with van der Waals surface area (Å²) in [5, 5.41) is 3.92. The molecule has 2 N–H and O–H groups in total. The van der Waals surface area contributed by atoms with Crippen LogP contribution in [0.25, 0.3) is 11.5 Å². The van der Waals surface area contributed by atoms with E-state index in [4.69, 9.17) is 15.0 Å². The van der Waals surface area contributed by atoms with Gasteiger partial charge >= 0.3 is 0 Å². The molecule has 7 heteroatoms. The summed E-state index contributed by atoms with van der Waals surface area (Å²) in [6.45, 7) is 2.11. The maximum absolute atomic E-state index is 6.07. The molecule has 0 saturated heterocycles. The molecule has 0 radical (unpaired) electrons. The standard InChI is InChI=1S/C12H13Br2N3O2/c1-12(15,6-18-2)11-16-10(19-17-11)8-4-3-7(13)5-9(8)14/h3-5H,6,15H2,1-2H3. The van der Waals surface area contributed by atoms with Gasteiger partial charge in [0.05, 0.1) is 12.2 Å². The highest BCUT2D eigenvalue weighted by Gasteiger charge is 2.28. The fourth-order valence-electron chi connectivity index (χ4n) is 1.59. The van der Waals surface area contributed by atoms with Gasteiger partial charge in [-0.3, -0.25) is 0 Å². The van der Waals surface area contributed by atoms with Gasteiger partial charge < -0.3 is 15.0 Å². The zero-order valence-electron chi connectivity index (χ0n) is 10.5. The van der Waals surface area contributed by atoms with Gasteiger partial charge in [0, 0.05) is 16.1 Å². The molecule has 0 bridgehead atoms. The lowest BCUT2D eigenvalue weighted by Gasteiger charge is -2.18. The number of halogens is 2. The minimum atomic E-state index is -0.779. The Morgan fingerprint density at radius 1 is 1.42 bits per heavy atom. The molecule has 102 valence electrons. The number of nitrogens with two attached hydrogens (primary N) is 1. The van der Waals surface area contributed by atoms with Gasteiger partial charge in [-0.15, -0.1) is 0 Å². The van der Waals surface area contributed by atoms with Gasteiger partial charge in [-0.25, -0.2) is 0 Å². The first kappa shape index (κ1) is 14.6. The maximum Gasteiger partial charge on any atom is 0.259 e. The number of benzene rings is 1. The monoisotopic (exact) mass is 389 g/mol. The first-order valence-corrected chi connectivity index (χ1v) is 7.10. The zero-order valence-corrected chi connectivity index (χ0v) is 13.7. The highest BCUT2D eigenvalue weighted by atomic mass is 79.9. The topological polar surface area (TPSA) is 74.2 Å². The van der Waals surface area contributed by atoms with E-state index in [1.165, 1.54) is 0 Å². The lowest BCUT2D eigenvalue weighted by atomic mass is 10.1. The summed E-state index contributed by atoms with van der Waals surface area (Å²) >= 11 is 6.85. The molecular formula is C12H13Br2N3O2. The van der Waals surface area contributed by atoms with Crippen LogP contribution in [-0.2, 0) is 10.3 Å². The molecule has 19 heavy (non-hydrogen) atoms. The van der Waals surface area contributed by atoms with Crippen LogP contribution in [0.2, 0.25) is 0 Å². The van der Waals surface area contributed by atoms with E-state index < -0.39 is 5.54 Å². The van der Waals surface area contributed by atoms with Gasteiger partial charge in [0.1, 0.15) is 5.54 Å². The van der Waals surface area contributed by atoms with Crippen LogP contribution in [0.15, 0.2) is 31.7 Å². The molecule has 0 spiro atoms. The Bertz CT molecular complexity index is 584. The predicted molar refractivity (Wildman–Crippen MR) is 78.5 cm³/mol. The lowest BCUT2D eigenvalue weighted by molar-refractivity contribution is 0.135. The molecule has 0 aliphatic carbocycles. The molecule has 0 saturated carbocycles. The van der Waals surface area contributed by atoms with Crippen LogP contribution >= 0.6 is 31.9 Å². The molecule has 1 atom stereocenters. The van der Waals surface area contributed by atoms with Crippen molar-refractivity contribution in [1.29, 1.82) is 0 Å². The molecule has 1 heterocycles. The van der Waals surface area contributed by atoms with Crippen LogP contribution < -0.4 is 5.73 Å². The molecule has 0 fully saturated rings. The normalized spacial score (nSPS) is 14.4. The van der Waals surface area contributed by atoms with Gasteiger partial charge in [0.15, 0.2) is 5.82 Å². The molecule has 0 aliphatic rings. The van der Waals surface area contributed by atoms with Crippen molar-refractivity contribution >= 4 is 31.9 Å². The van der Waals surface area contributed by atoms with Crippen molar-refractivity contribution in [1.82, 2.24) is 10.1 Å². The van der Waals surface area contributed by atoms with Crippen molar-refractivity contribution in [3.05, 3.63) is 33.0 Å². The van der Waals surface area contributed by atoms with E-state index in [2.05, 4.69) is 42.0 Å². The molecular weight excluding hydrogens is 378 g/mol. The minimum absolute atomic E-state index is 0.313. The fraction of sp³-hybridized carbons (Fsp3) is 0.333. The van der Waals surface area contributed by atoms with E-state index >= 15 is 0 Å². The molecule has 1 aromatic heterocycles. The Hall–Kier alpha value is -0.760. The van der Waals surface area contributed by atoms with E-state index in [1.807, 2.05) is 18.2 Å². The average Bonchev–Trinajstić information content (AvgIpc) is 2.78. The van der Waals surface area contributed by atoms with E-state index in [0.717, 1.165) is 14.5 Å². The Labute approximate surface area is 127 Å². The van der Waals surface area contributed by atoms with Crippen LogP contribution in [-0.4, -0.2) is 23.9 Å². The van der Waals surface area contributed by atoms with E-state index in [9.17, 15) is 0 Å². The Morgan fingerprint density at radius 2 is 2.16 bits per heavy atom. The molecule has 2 aromatic rings. The number of hydrogen-bond acceptors (Lipinski definition) is 5.